The van der Waals surface area contributed by atoms with Gasteiger partial charge in [0.2, 0.25) is 0 Å². The lowest BCUT2D eigenvalue weighted by molar-refractivity contribution is -0.136. The fourth-order valence-electron chi connectivity index (χ4n) is 4.28. The maximum absolute atomic E-state index is 13.7. The van der Waals surface area contributed by atoms with Gasteiger partial charge in [-0.25, -0.2) is 14.6 Å². The fourth-order valence-corrected chi connectivity index (χ4v) is 5.50. The van der Waals surface area contributed by atoms with Crippen molar-refractivity contribution in [1.29, 1.82) is 0 Å². The lowest BCUT2D eigenvalue weighted by atomic mass is 9.95. The van der Waals surface area contributed by atoms with Gasteiger partial charge in [-0.05, 0) is 48.9 Å². The third-order valence-corrected chi connectivity index (χ3v) is 7.30. The van der Waals surface area contributed by atoms with Crippen LogP contribution in [0.5, 0.6) is 0 Å². The standard InChI is InChI=1S/C28H21ClN2O6S/c1-15-23(27(34)36-3)24(16-7-9-17(10-8-16)26(33)35-2)31-25(32)22(38-28(31)30-15)14-20-11-12-21(37-20)18-5-4-6-19(29)13-18/h4-14,24H,1-3H3/b22-14-/t24-/m1/s1. The summed E-state index contributed by atoms with van der Waals surface area (Å²) in [5.41, 5.74) is 2.10. The molecule has 1 aliphatic heterocycles. The van der Waals surface area contributed by atoms with Crippen LogP contribution < -0.4 is 14.9 Å². The van der Waals surface area contributed by atoms with Crippen LogP contribution in [-0.2, 0) is 14.3 Å². The number of furan rings is 1. The largest absolute Gasteiger partial charge is 0.466 e. The molecule has 2 aromatic carbocycles. The van der Waals surface area contributed by atoms with Gasteiger partial charge in [-0.1, -0.05) is 47.2 Å². The molecule has 0 fully saturated rings. The first kappa shape index (κ1) is 25.4. The van der Waals surface area contributed by atoms with Crippen LogP contribution in [0.3, 0.4) is 0 Å². The van der Waals surface area contributed by atoms with E-state index in [0.29, 0.717) is 42.7 Å². The summed E-state index contributed by atoms with van der Waals surface area (Å²) in [6.45, 7) is 1.70. The number of carbonyl (C=O) groups is 2. The Kier molecular flexibility index (Phi) is 6.88. The van der Waals surface area contributed by atoms with Crippen LogP contribution in [-0.4, -0.2) is 30.7 Å². The number of allylic oxidation sites excluding steroid dienone is 1. The molecule has 5 rings (SSSR count). The number of methoxy groups -OCH3 is 2. The number of benzene rings is 2. The summed E-state index contributed by atoms with van der Waals surface area (Å²) in [6, 6.07) is 16.6. The molecule has 0 spiro atoms. The van der Waals surface area contributed by atoms with Gasteiger partial charge in [0.15, 0.2) is 4.80 Å². The average Bonchev–Trinajstić information content (AvgIpc) is 3.51. The van der Waals surface area contributed by atoms with Crippen molar-refractivity contribution in [2.75, 3.05) is 14.2 Å². The number of carbonyl (C=O) groups excluding carboxylic acids is 2. The first-order valence-corrected chi connectivity index (χ1v) is 12.6. The van der Waals surface area contributed by atoms with Crippen LogP contribution in [0.1, 0.15) is 34.6 Å². The number of hydrogen-bond donors (Lipinski definition) is 0. The molecule has 0 saturated heterocycles. The summed E-state index contributed by atoms with van der Waals surface area (Å²) >= 11 is 7.29. The highest BCUT2D eigenvalue weighted by Gasteiger charge is 2.33. The van der Waals surface area contributed by atoms with Gasteiger partial charge in [-0.3, -0.25) is 9.36 Å². The van der Waals surface area contributed by atoms with Gasteiger partial charge in [0.25, 0.3) is 5.56 Å². The molecular formula is C28H21ClN2O6S. The maximum atomic E-state index is 13.7. The van der Waals surface area contributed by atoms with E-state index in [1.54, 1.807) is 61.5 Å². The number of rotatable bonds is 5. The molecule has 0 unspecified atom stereocenters. The van der Waals surface area contributed by atoms with Gasteiger partial charge in [0.1, 0.15) is 11.5 Å². The summed E-state index contributed by atoms with van der Waals surface area (Å²) in [5.74, 6) is 0.00259. The zero-order chi connectivity index (χ0) is 27.0. The van der Waals surface area contributed by atoms with E-state index in [4.69, 9.17) is 25.5 Å². The highest BCUT2D eigenvalue weighted by Crippen LogP contribution is 2.31. The highest BCUT2D eigenvalue weighted by atomic mass is 35.5. The van der Waals surface area contributed by atoms with Gasteiger partial charge < -0.3 is 13.9 Å². The maximum Gasteiger partial charge on any atom is 0.338 e. The molecule has 0 N–H and O–H groups in total. The highest BCUT2D eigenvalue weighted by molar-refractivity contribution is 7.07. The average molecular weight is 549 g/mol. The molecule has 0 aliphatic carbocycles. The van der Waals surface area contributed by atoms with E-state index in [9.17, 15) is 14.4 Å². The van der Waals surface area contributed by atoms with Crippen LogP contribution >= 0.6 is 22.9 Å². The van der Waals surface area contributed by atoms with Gasteiger partial charge in [-0.15, -0.1) is 0 Å². The molecule has 0 radical (unpaired) electrons. The Morgan fingerprint density at radius 1 is 1.05 bits per heavy atom. The summed E-state index contributed by atoms with van der Waals surface area (Å²) < 4.78 is 17.6. The number of thiazole rings is 1. The minimum atomic E-state index is -0.800. The first-order chi connectivity index (χ1) is 18.3. The van der Waals surface area contributed by atoms with Crippen molar-refractivity contribution in [3.05, 3.63) is 114 Å². The summed E-state index contributed by atoms with van der Waals surface area (Å²) in [5, 5.41) is 0.588. The number of halogens is 1. The topological polar surface area (TPSA) is 100 Å². The van der Waals surface area contributed by atoms with Gasteiger partial charge in [0.05, 0.1) is 41.6 Å². The second kappa shape index (κ2) is 10.3. The van der Waals surface area contributed by atoms with Crippen molar-refractivity contribution in [2.45, 2.75) is 13.0 Å². The van der Waals surface area contributed by atoms with Gasteiger partial charge in [0, 0.05) is 16.7 Å². The van der Waals surface area contributed by atoms with Crippen LogP contribution in [0.2, 0.25) is 5.02 Å². The zero-order valence-corrected chi connectivity index (χ0v) is 22.1. The normalized spacial score (nSPS) is 15.2. The lowest BCUT2D eigenvalue weighted by Gasteiger charge is -2.24. The summed E-state index contributed by atoms with van der Waals surface area (Å²) in [7, 11) is 2.58. The molecule has 8 nitrogen and oxygen atoms in total. The van der Waals surface area contributed by atoms with Crippen molar-refractivity contribution in [3.8, 4) is 11.3 Å². The monoisotopic (exact) mass is 548 g/mol. The molecule has 10 heteroatoms. The Bertz CT molecular complexity index is 1780. The molecule has 2 aromatic heterocycles. The van der Waals surface area contributed by atoms with Crippen molar-refractivity contribution in [3.63, 3.8) is 0 Å². The Balaban J connectivity index is 1.63. The van der Waals surface area contributed by atoms with Gasteiger partial charge in [-0.2, -0.15) is 0 Å². The Labute approximate surface area is 225 Å². The number of fused-ring (bicyclic) bond motifs is 1. The molecule has 0 saturated carbocycles. The lowest BCUT2D eigenvalue weighted by Crippen LogP contribution is -2.39. The second-order valence-corrected chi connectivity index (χ2v) is 9.84. The minimum Gasteiger partial charge on any atom is -0.466 e. The molecule has 1 atom stereocenters. The molecular weight excluding hydrogens is 528 g/mol. The van der Waals surface area contributed by atoms with E-state index in [1.165, 1.54) is 30.1 Å². The third-order valence-electron chi connectivity index (χ3n) is 6.08. The molecule has 4 aromatic rings. The number of hydrogen-bond acceptors (Lipinski definition) is 8. The first-order valence-electron chi connectivity index (χ1n) is 11.5. The minimum absolute atomic E-state index is 0.235. The number of aromatic nitrogens is 1. The van der Waals surface area contributed by atoms with E-state index in [1.807, 2.05) is 12.1 Å². The van der Waals surface area contributed by atoms with Crippen LogP contribution in [0.25, 0.3) is 17.4 Å². The number of ether oxygens (including phenoxy) is 2. The Morgan fingerprint density at radius 3 is 2.47 bits per heavy atom. The van der Waals surface area contributed by atoms with Crippen LogP contribution in [0.15, 0.2) is 86.1 Å². The zero-order valence-electron chi connectivity index (χ0n) is 20.6. The van der Waals surface area contributed by atoms with Crippen LogP contribution in [0, 0.1) is 0 Å². The molecule has 0 bridgehead atoms. The summed E-state index contributed by atoms with van der Waals surface area (Å²) in [6.07, 6.45) is 1.65. The summed E-state index contributed by atoms with van der Waals surface area (Å²) in [4.78, 5) is 43.4. The molecule has 0 amide bonds. The predicted molar refractivity (Wildman–Crippen MR) is 143 cm³/mol. The molecule has 38 heavy (non-hydrogen) atoms. The predicted octanol–water partition coefficient (Wildman–Crippen LogP) is 4.11. The SMILES string of the molecule is COC(=O)C1=C(C)N=c2s/c(=C\c3ccc(-c4cccc(Cl)c4)o3)c(=O)n2[C@@H]1c1ccc(C(=O)OC)cc1. The van der Waals surface area contributed by atoms with E-state index in [-0.39, 0.29) is 11.1 Å². The molecule has 192 valence electrons. The van der Waals surface area contributed by atoms with E-state index in [0.717, 1.165) is 5.56 Å². The van der Waals surface area contributed by atoms with E-state index in [2.05, 4.69) is 4.99 Å². The van der Waals surface area contributed by atoms with E-state index >= 15 is 0 Å². The smallest absolute Gasteiger partial charge is 0.338 e. The van der Waals surface area contributed by atoms with Crippen molar-refractivity contribution < 1.29 is 23.5 Å². The van der Waals surface area contributed by atoms with Crippen LogP contribution in [0.4, 0.5) is 0 Å². The Morgan fingerprint density at radius 2 is 1.79 bits per heavy atom. The van der Waals surface area contributed by atoms with E-state index < -0.39 is 18.0 Å². The number of esters is 2. The van der Waals surface area contributed by atoms with Crippen molar-refractivity contribution in [1.82, 2.24) is 4.57 Å². The number of nitrogens with zero attached hydrogens (tertiary/aromatic N) is 2. The third kappa shape index (κ3) is 4.62. The molecule has 1 aliphatic rings. The quantitative estimate of drug-likeness (QED) is 0.348. The van der Waals surface area contributed by atoms with Crippen molar-refractivity contribution >= 4 is 41.0 Å². The van der Waals surface area contributed by atoms with Gasteiger partial charge >= 0.3 is 11.9 Å². The Hall–Kier alpha value is -4.21. The fraction of sp³-hybridized carbons (Fsp3) is 0.143. The molecule has 3 heterocycles. The van der Waals surface area contributed by atoms with Crippen molar-refractivity contribution in [2.24, 2.45) is 4.99 Å². The second-order valence-electron chi connectivity index (χ2n) is 8.40.